The molecule has 0 aromatic heterocycles. The molecular weight excluding hydrogens is 252 g/mol. The third-order valence-corrected chi connectivity index (χ3v) is 4.39. The van der Waals surface area contributed by atoms with Gasteiger partial charge in [0.25, 0.3) is 0 Å². The van der Waals surface area contributed by atoms with Crippen LogP contribution in [0.4, 0.5) is 0 Å². The van der Waals surface area contributed by atoms with Gasteiger partial charge in [-0.15, -0.1) is 0 Å². The fraction of sp³-hybridized carbons (Fsp3) is 0.875. The highest BCUT2D eigenvalue weighted by atomic mass is 16.2. The molecule has 116 valence electrons. The molecule has 1 aliphatic heterocycles. The molecule has 0 saturated carbocycles. The Balaban J connectivity index is 2.89. The second-order valence-electron chi connectivity index (χ2n) is 6.12. The maximum atomic E-state index is 12.7. The molecule has 0 bridgehead atoms. The zero-order valence-corrected chi connectivity index (χ0v) is 13.6. The summed E-state index contributed by atoms with van der Waals surface area (Å²) in [5.74, 6) is 0.695. The van der Waals surface area contributed by atoms with Gasteiger partial charge >= 0.3 is 0 Å². The molecule has 1 fully saturated rings. The highest BCUT2D eigenvalue weighted by Crippen LogP contribution is 2.23. The van der Waals surface area contributed by atoms with Crippen LogP contribution in [0.2, 0.25) is 0 Å². The van der Waals surface area contributed by atoms with Gasteiger partial charge in [-0.2, -0.15) is 0 Å². The van der Waals surface area contributed by atoms with E-state index in [1.165, 1.54) is 0 Å². The summed E-state index contributed by atoms with van der Waals surface area (Å²) in [6, 6.07) is -0.489. The average molecular weight is 282 g/mol. The molecule has 1 rings (SSSR count). The molecule has 0 aliphatic carbocycles. The molecule has 4 unspecified atom stereocenters. The van der Waals surface area contributed by atoms with Crippen LogP contribution in [0.5, 0.6) is 0 Å². The molecule has 1 heterocycles. The fourth-order valence-corrected chi connectivity index (χ4v) is 3.04. The van der Waals surface area contributed by atoms with E-state index in [2.05, 4.69) is 26.1 Å². The normalized spacial score (nSPS) is 26.4. The highest BCUT2D eigenvalue weighted by Gasteiger charge is 2.41. The van der Waals surface area contributed by atoms with E-state index in [9.17, 15) is 9.59 Å². The second kappa shape index (κ2) is 7.65. The van der Waals surface area contributed by atoms with Crippen LogP contribution in [0.25, 0.3) is 0 Å². The summed E-state index contributed by atoms with van der Waals surface area (Å²) in [7, 11) is 0. The van der Waals surface area contributed by atoms with E-state index >= 15 is 0 Å². The van der Waals surface area contributed by atoms with E-state index in [1.54, 1.807) is 0 Å². The van der Waals surface area contributed by atoms with Gasteiger partial charge in [-0.25, -0.2) is 0 Å². The Bertz CT molecular complexity index is 343. The minimum Gasteiger partial charge on any atom is -0.343 e. The van der Waals surface area contributed by atoms with Crippen LogP contribution >= 0.6 is 0 Å². The van der Waals surface area contributed by atoms with E-state index in [4.69, 9.17) is 0 Å². The number of nitrogens with one attached hydrogen (secondary N) is 1. The number of amides is 2. The lowest BCUT2D eigenvalue weighted by atomic mass is 9.94. The van der Waals surface area contributed by atoms with Gasteiger partial charge in [0.05, 0.1) is 0 Å². The largest absolute Gasteiger partial charge is 0.343 e. The lowest BCUT2D eigenvalue weighted by molar-refractivity contribution is -0.152. The van der Waals surface area contributed by atoms with Crippen LogP contribution in [0.3, 0.4) is 0 Å². The van der Waals surface area contributed by atoms with Crippen molar-refractivity contribution < 1.29 is 9.59 Å². The van der Waals surface area contributed by atoms with Gasteiger partial charge in [0.15, 0.2) is 0 Å². The SMILES string of the molecule is CCCC1NC(=O)C(CC)N(C(C)CC(C)CC)C1=O. The molecule has 0 aromatic rings. The van der Waals surface area contributed by atoms with E-state index in [-0.39, 0.29) is 29.9 Å². The zero-order chi connectivity index (χ0) is 15.3. The molecule has 0 radical (unpaired) electrons. The Morgan fingerprint density at radius 3 is 2.35 bits per heavy atom. The van der Waals surface area contributed by atoms with Gasteiger partial charge in [0.1, 0.15) is 12.1 Å². The van der Waals surface area contributed by atoms with Crippen LogP contribution in [0.15, 0.2) is 0 Å². The molecule has 4 atom stereocenters. The molecule has 20 heavy (non-hydrogen) atoms. The zero-order valence-electron chi connectivity index (χ0n) is 13.6. The molecule has 1 N–H and O–H groups in total. The monoisotopic (exact) mass is 282 g/mol. The van der Waals surface area contributed by atoms with Crippen LogP contribution in [-0.4, -0.2) is 34.8 Å². The first kappa shape index (κ1) is 17.0. The van der Waals surface area contributed by atoms with Crippen molar-refractivity contribution in [2.75, 3.05) is 0 Å². The molecule has 2 amide bonds. The highest BCUT2D eigenvalue weighted by molar-refractivity contribution is 5.97. The fourth-order valence-electron chi connectivity index (χ4n) is 3.04. The minimum atomic E-state index is -0.324. The smallest absolute Gasteiger partial charge is 0.246 e. The Hall–Kier alpha value is -1.06. The lowest BCUT2D eigenvalue weighted by Crippen LogP contribution is -2.65. The van der Waals surface area contributed by atoms with Gasteiger partial charge in [-0.05, 0) is 32.1 Å². The van der Waals surface area contributed by atoms with Crippen molar-refractivity contribution in [3.8, 4) is 0 Å². The maximum Gasteiger partial charge on any atom is 0.246 e. The van der Waals surface area contributed by atoms with Crippen LogP contribution < -0.4 is 5.32 Å². The van der Waals surface area contributed by atoms with Gasteiger partial charge in [-0.3, -0.25) is 9.59 Å². The minimum absolute atomic E-state index is 0.0153. The number of hydrogen-bond acceptors (Lipinski definition) is 2. The van der Waals surface area contributed by atoms with E-state index in [0.29, 0.717) is 12.3 Å². The maximum absolute atomic E-state index is 12.7. The van der Waals surface area contributed by atoms with Gasteiger partial charge in [0.2, 0.25) is 11.8 Å². The molecule has 0 spiro atoms. The van der Waals surface area contributed by atoms with Crippen molar-refractivity contribution in [1.29, 1.82) is 0 Å². The quantitative estimate of drug-likeness (QED) is 0.780. The standard InChI is InChI=1S/C16H30N2O2/c1-6-9-13-16(20)18(12(5)10-11(4)7-2)14(8-3)15(19)17-13/h11-14H,6-10H2,1-5H3,(H,17,19). The van der Waals surface area contributed by atoms with Crippen molar-refractivity contribution in [1.82, 2.24) is 10.2 Å². The summed E-state index contributed by atoms with van der Waals surface area (Å²) in [4.78, 5) is 26.7. The van der Waals surface area contributed by atoms with Crippen molar-refractivity contribution >= 4 is 11.8 Å². The first-order chi connectivity index (χ1) is 9.46. The van der Waals surface area contributed by atoms with Crippen molar-refractivity contribution in [2.24, 2.45) is 5.92 Å². The number of rotatable bonds is 7. The predicted octanol–water partition coefficient (Wildman–Crippen LogP) is 2.72. The summed E-state index contributed by atoms with van der Waals surface area (Å²) in [5.41, 5.74) is 0. The lowest BCUT2D eigenvalue weighted by Gasteiger charge is -2.42. The van der Waals surface area contributed by atoms with Crippen molar-refractivity contribution in [3.63, 3.8) is 0 Å². The second-order valence-corrected chi connectivity index (χ2v) is 6.12. The van der Waals surface area contributed by atoms with Crippen LogP contribution in [0.1, 0.15) is 66.7 Å². The van der Waals surface area contributed by atoms with Crippen LogP contribution in [0, 0.1) is 5.92 Å². The van der Waals surface area contributed by atoms with Gasteiger partial charge in [0, 0.05) is 6.04 Å². The number of piperazine rings is 1. The molecule has 0 aromatic carbocycles. The Labute approximate surface area is 123 Å². The molecule has 1 saturated heterocycles. The molecular formula is C16H30N2O2. The third-order valence-electron chi connectivity index (χ3n) is 4.39. The van der Waals surface area contributed by atoms with E-state index in [0.717, 1.165) is 25.7 Å². The molecule has 4 nitrogen and oxygen atoms in total. The predicted molar refractivity (Wildman–Crippen MR) is 81.3 cm³/mol. The van der Waals surface area contributed by atoms with Crippen molar-refractivity contribution in [2.45, 2.75) is 84.8 Å². The Morgan fingerprint density at radius 1 is 1.20 bits per heavy atom. The molecule has 1 aliphatic rings. The first-order valence-corrected chi connectivity index (χ1v) is 8.08. The number of hydrogen-bond donors (Lipinski definition) is 1. The Kier molecular flexibility index (Phi) is 6.50. The molecule has 4 heteroatoms. The average Bonchev–Trinajstić information content (AvgIpc) is 2.41. The first-order valence-electron chi connectivity index (χ1n) is 8.08. The third kappa shape index (κ3) is 3.74. The number of carbonyl (C=O) groups excluding carboxylic acids is 2. The number of nitrogens with zero attached hydrogens (tertiary/aromatic N) is 1. The van der Waals surface area contributed by atoms with Crippen LogP contribution in [-0.2, 0) is 9.59 Å². The summed E-state index contributed by atoms with van der Waals surface area (Å²) in [6.45, 7) is 10.5. The summed E-state index contributed by atoms with van der Waals surface area (Å²) < 4.78 is 0. The van der Waals surface area contributed by atoms with E-state index < -0.39 is 0 Å². The Morgan fingerprint density at radius 2 is 1.85 bits per heavy atom. The summed E-state index contributed by atoms with van der Waals surface area (Å²) >= 11 is 0. The number of carbonyl (C=O) groups is 2. The topological polar surface area (TPSA) is 49.4 Å². The van der Waals surface area contributed by atoms with Crippen molar-refractivity contribution in [3.05, 3.63) is 0 Å². The van der Waals surface area contributed by atoms with Gasteiger partial charge < -0.3 is 10.2 Å². The summed E-state index contributed by atoms with van der Waals surface area (Å²) in [5, 5.41) is 2.89. The summed E-state index contributed by atoms with van der Waals surface area (Å²) in [6.07, 6.45) is 4.38. The van der Waals surface area contributed by atoms with Gasteiger partial charge in [-0.1, -0.05) is 40.5 Å². The van der Waals surface area contributed by atoms with E-state index in [1.807, 2.05) is 18.7 Å².